The van der Waals surface area contributed by atoms with Gasteiger partial charge in [-0.1, -0.05) is 42.1 Å². The Morgan fingerprint density at radius 3 is 2.57 bits per heavy atom. The molecular formula is C11H10N2O. The highest BCUT2D eigenvalue weighted by Gasteiger charge is 2.07. The first-order valence-corrected chi connectivity index (χ1v) is 4.32. The first kappa shape index (κ1) is 8.69. The van der Waals surface area contributed by atoms with Crippen molar-refractivity contribution >= 4 is 5.57 Å². The van der Waals surface area contributed by atoms with Gasteiger partial charge >= 0.3 is 0 Å². The average molecular weight is 186 g/mol. The molecule has 0 aliphatic heterocycles. The van der Waals surface area contributed by atoms with Gasteiger partial charge in [-0.15, -0.1) is 0 Å². The van der Waals surface area contributed by atoms with Crippen LogP contribution in [0.25, 0.3) is 17.0 Å². The van der Waals surface area contributed by atoms with Gasteiger partial charge in [-0.25, -0.2) is 0 Å². The topological polar surface area (TPSA) is 38.9 Å². The molecule has 3 heteroatoms. The van der Waals surface area contributed by atoms with Crippen LogP contribution < -0.4 is 0 Å². The zero-order chi connectivity index (χ0) is 9.97. The first-order chi connectivity index (χ1) is 6.77. The minimum Gasteiger partial charge on any atom is -0.334 e. The number of hydrogen-bond acceptors (Lipinski definition) is 3. The molecule has 3 nitrogen and oxygen atoms in total. The Balaban J connectivity index is 2.39. The van der Waals surface area contributed by atoms with E-state index >= 15 is 0 Å². The molecule has 1 heterocycles. The molecule has 0 fully saturated rings. The van der Waals surface area contributed by atoms with Crippen LogP contribution in [0.5, 0.6) is 0 Å². The van der Waals surface area contributed by atoms with E-state index in [-0.39, 0.29) is 0 Å². The number of aromatic nitrogens is 2. The molecule has 70 valence electrons. The smallest absolute Gasteiger partial charge is 0.253 e. The second-order valence-corrected chi connectivity index (χ2v) is 3.07. The molecule has 0 saturated heterocycles. The Morgan fingerprint density at radius 1 is 1.29 bits per heavy atom. The minimum atomic E-state index is 0.490. The lowest BCUT2D eigenvalue weighted by Crippen LogP contribution is -1.80. The van der Waals surface area contributed by atoms with Crippen LogP contribution in [0, 0.1) is 0 Å². The van der Waals surface area contributed by atoms with Crippen LogP contribution in [0.4, 0.5) is 0 Å². The third kappa shape index (κ3) is 1.57. The van der Waals surface area contributed by atoms with Gasteiger partial charge in [-0.3, -0.25) is 0 Å². The van der Waals surface area contributed by atoms with E-state index in [1.165, 1.54) is 0 Å². The maximum atomic E-state index is 5.02. The summed E-state index contributed by atoms with van der Waals surface area (Å²) in [5.41, 5.74) is 1.73. The normalized spacial score (nSPS) is 10.1. The van der Waals surface area contributed by atoms with Crippen LogP contribution in [0.2, 0.25) is 0 Å². The first-order valence-electron chi connectivity index (χ1n) is 4.32. The summed E-state index contributed by atoms with van der Waals surface area (Å²) in [5, 5.41) is 3.86. The third-order valence-corrected chi connectivity index (χ3v) is 1.82. The summed E-state index contributed by atoms with van der Waals surface area (Å²) >= 11 is 0. The molecule has 0 unspecified atom stereocenters. The molecule has 0 saturated carbocycles. The molecular weight excluding hydrogens is 176 g/mol. The zero-order valence-electron chi connectivity index (χ0n) is 7.90. The molecule has 0 N–H and O–H groups in total. The fourth-order valence-corrected chi connectivity index (χ4v) is 1.10. The number of rotatable bonds is 2. The lowest BCUT2D eigenvalue weighted by Gasteiger charge is -1.90. The Hall–Kier alpha value is -1.90. The lowest BCUT2D eigenvalue weighted by atomic mass is 10.2. The van der Waals surface area contributed by atoms with Crippen molar-refractivity contribution in [3.05, 3.63) is 42.8 Å². The van der Waals surface area contributed by atoms with E-state index in [9.17, 15) is 0 Å². The SMILES string of the molecule is C=C(C)c1nc(-c2ccccc2)no1. The second kappa shape index (κ2) is 3.46. The molecule has 1 aromatic carbocycles. The highest BCUT2D eigenvalue weighted by atomic mass is 16.5. The van der Waals surface area contributed by atoms with Crippen molar-refractivity contribution < 1.29 is 4.52 Å². The highest BCUT2D eigenvalue weighted by molar-refractivity contribution is 5.58. The number of nitrogens with zero attached hydrogens (tertiary/aromatic N) is 2. The molecule has 0 radical (unpaired) electrons. The summed E-state index contributed by atoms with van der Waals surface area (Å²) in [6.45, 7) is 5.57. The van der Waals surface area contributed by atoms with Crippen LogP contribution >= 0.6 is 0 Å². The molecule has 0 aliphatic carbocycles. The predicted octanol–water partition coefficient (Wildman–Crippen LogP) is 2.77. The van der Waals surface area contributed by atoms with Gasteiger partial charge < -0.3 is 4.52 Å². The van der Waals surface area contributed by atoms with E-state index in [4.69, 9.17) is 4.52 Å². The highest BCUT2D eigenvalue weighted by Crippen LogP contribution is 2.17. The summed E-state index contributed by atoms with van der Waals surface area (Å²) in [4.78, 5) is 4.20. The van der Waals surface area contributed by atoms with E-state index in [1.54, 1.807) is 0 Å². The Morgan fingerprint density at radius 2 is 2.00 bits per heavy atom. The molecule has 2 aromatic rings. The van der Waals surface area contributed by atoms with Gasteiger partial charge in [0.2, 0.25) is 5.82 Å². The summed E-state index contributed by atoms with van der Waals surface area (Å²) < 4.78 is 5.02. The van der Waals surface area contributed by atoms with Gasteiger partial charge in [0.15, 0.2) is 0 Å². The predicted molar refractivity (Wildman–Crippen MR) is 54.4 cm³/mol. The largest absolute Gasteiger partial charge is 0.334 e. The number of allylic oxidation sites excluding steroid dienone is 1. The Kier molecular flexibility index (Phi) is 2.14. The van der Waals surface area contributed by atoms with Crippen LogP contribution in [-0.2, 0) is 0 Å². The molecule has 2 rings (SSSR count). The van der Waals surface area contributed by atoms with E-state index < -0.39 is 0 Å². The van der Waals surface area contributed by atoms with Crippen LogP contribution in [0.15, 0.2) is 41.4 Å². The standard InChI is InChI=1S/C11H10N2O/c1-8(2)11-12-10(13-14-11)9-6-4-3-5-7-9/h3-7H,1H2,2H3. The Bertz CT molecular complexity index is 445. The van der Waals surface area contributed by atoms with Gasteiger partial charge in [0.1, 0.15) is 0 Å². The van der Waals surface area contributed by atoms with E-state index in [0.717, 1.165) is 11.1 Å². The van der Waals surface area contributed by atoms with Crippen molar-refractivity contribution in [1.82, 2.24) is 10.1 Å². The summed E-state index contributed by atoms with van der Waals surface area (Å²) in [7, 11) is 0. The van der Waals surface area contributed by atoms with Crippen molar-refractivity contribution in [2.24, 2.45) is 0 Å². The summed E-state index contributed by atoms with van der Waals surface area (Å²) in [6, 6.07) is 9.70. The van der Waals surface area contributed by atoms with Crippen LogP contribution in [0.3, 0.4) is 0 Å². The van der Waals surface area contributed by atoms with Crippen molar-refractivity contribution in [2.75, 3.05) is 0 Å². The Labute approximate surface area is 82.1 Å². The maximum Gasteiger partial charge on any atom is 0.253 e. The molecule has 14 heavy (non-hydrogen) atoms. The quantitative estimate of drug-likeness (QED) is 0.723. The van der Waals surface area contributed by atoms with Crippen LogP contribution in [0.1, 0.15) is 12.8 Å². The summed E-state index contributed by atoms with van der Waals surface area (Å²) in [5.74, 6) is 1.09. The van der Waals surface area contributed by atoms with E-state index in [0.29, 0.717) is 11.7 Å². The lowest BCUT2D eigenvalue weighted by molar-refractivity contribution is 0.408. The zero-order valence-corrected chi connectivity index (χ0v) is 7.90. The number of hydrogen-bond donors (Lipinski definition) is 0. The van der Waals surface area contributed by atoms with Gasteiger partial charge in [0.05, 0.1) is 0 Å². The average Bonchev–Trinajstić information content (AvgIpc) is 2.68. The van der Waals surface area contributed by atoms with Crippen molar-refractivity contribution in [3.8, 4) is 11.4 Å². The fraction of sp³-hybridized carbons (Fsp3) is 0.0909. The van der Waals surface area contributed by atoms with E-state index in [1.807, 2.05) is 37.3 Å². The van der Waals surface area contributed by atoms with Crippen molar-refractivity contribution in [1.29, 1.82) is 0 Å². The second-order valence-electron chi connectivity index (χ2n) is 3.07. The van der Waals surface area contributed by atoms with Gasteiger partial charge in [0.25, 0.3) is 5.89 Å². The molecule has 0 spiro atoms. The van der Waals surface area contributed by atoms with Crippen molar-refractivity contribution in [3.63, 3.8) is 0 Å². The molecule has 1 aromatic heterocycles. The number of benzene rings is 1. The summed E-state index contributed by atoms with van der Waals surface area (Å²) in [6.07, 6.45) is 0. The monoisotopic (exact) mass is 186 g/mol. The van der Waals surface area contributed by atoms with Gasteiger partial charge in [-0.2, -0.15) is 4.98 Å². The fourth-order valence-electron chi connectivity index (χ4n) is 1.10. The van der Waals surface area contributed by atoms with E-state index in [2.05, 4.69) is 16.7 Å². The molecule has 0 amide bonds. The van der Waals surface area contributed by atoms with Crippen LogP contribution in [-0.4, -0.2) is 10.1 Å². The molecule has 0 atom stereocenters. The van der Waals surface area contributed by atoms with Crippen molar-refractivity contribution in [2.45, 2.75) is 6.92 Å². The molecule has 0 bridgehead atoms. The van der Waals surface area contributed by atoms with Gasteiger partial charge in [-0.05, 0) is 6.92 Å². The third-order valence-electron chi connectivity index (χ3n) is 1.82. The maximum absolute atomic E-state index is 5.02. The minimum absolute atomic E-state index is 0.490. The van der Waals surface area contributed by atoms with Gasteiger partial charge in [0, 0.05) is 11.1 Å². The molecule has 0 aliphatic rings.